The summed E-state index contributed by atoms with van der Waals surface area (Å²) >= 11 is 0. The van der Waals surface area contributed by atoms with Crippen LogP contribution in [0.2, 0.25) is 0 Å². The van der Waals surface area contributed by atoms with E-state index in [1.807, 2.05) is 13.8 Å². The van der Waals surface area contributed by atoms with Gasteiger partial charge in [-0.3, -0.25) is 0 Å². The van der Waals surface area contributed by atoms with Crippen LogP contribution >= 0.6 is 0 Å². The van der Waals surface area contributed by atoms with Crippen molar-refractivity contribution in [3.8, 4) is 0 Å². The molecule has 0 saturated carbocycles. The van der Waals surface area contributed by atoms with Crippen molar-refractivity contribution in [2.24, 2.45) is 0 Å². The van der Waals surface area contributed by atoms with Crippen LogP contribution in [-0.2, 0) is 9.47 Å². The van der Waals surface area contributed by atoms with E-state index in [1.165, 1.54) is 0 Å². The van der Waals surface area contributed by atoms with E-state index in [4.69, 9.17) is 4.74 Å². The maximum Gasteiger partial charge on any atom is 0.419 e. The van der Waals surface area contributed by atoms with Crippen molar-refractivity contribution in [1.82, 2.24) is 0 Å². The smallest absolute Gasteiger partial charge is 0.419 e. The van der Waals surface area contributed by atoms with Gasteiger partial charge in [0.1, 0.15) is 0 Å². The summed E-state index contributed by atoms with van der Waals surface area (Å²) in [7, 11) is 0. The molecule has 1 saturated heterocycles. The third kappa shape index (κ3) is 3.41. The first kappa shape index (κ1) is 12.4. The molecule has 0 N–H and O–H groups in total. The van der Waals surface area contributed by atoms with Crippen molar-refractivity contribution in [2.45, 2.75) is 38.5 Å². The van der Waals surface area contributed by atoms with E-state index in [9.17, 15) is 13.2 Å². The molecule has 0 bridgehead atoms. The fourth-order valence-electron chi connectivity index (χ4n) is 1.20. The number of ether oxygens (including phenoxy) is 2. The number of halogens is 3. The molecule has 1 unspecified atom stereocenters. The highest BCUT2D eigenvalue weighted by Crippen LogP contribution is 2.46. The second-order valence-electron chi connectivity index (χ2n) is 3.95. The molecule has 1 aliphatic rings. The molecule has 0 aliphatic carbocycles. The van der Waals surface area contributed by atoms with Crippen molar-refractivity contribution in [1.29, 1.82) is 0 Å². The lowest BCUT2D eigenvalue weighted by molar-refractivity contribution is -0.186. The molecule has 0 aromatic carbocycles. The molecule has 0 radical (unpaired) electrons. The zero-order valence-electron chi connectivity index (χ0n) is 8.86. The van der Waals surface area contributed by atoms with Crippen LogP contribution in [0.15, 0.2) is 11.8 Å². The van der Waals surface area contributed by atoms with Crippen molar-refractivity contribution < 1.29 is 22.6 Å². The number of allylic oxidation sites excluding steroid dienone is 1. The summed E-state index contributed by atoms with van der Waals surface area (Å²) in [4.78, 5) is 0. The van der Waals surface area contributed by atoms with Gasteiger partial charge in [0.05, 0.1) is 19.5 Å². The van der Waals surface area contributed by atoms with Gasteiger partial charge in [-0.1, -0.05) is 0 Å². The molecular weight excluding hydrogens is 209 g/mol. The Balaban J connectivity index is 2.19. The van der Waals surface area contributed by atoms with Gasteiger partial charge in [0.25, 0.3) is 0 Å². The molecule has 1 aliphatic heterocycles. The first-order valence-corrected chi connectivity index (χ1v) is 4.83. The SMILES string of the molecule is CC(C)=COCCCC1(C(F)(F)F)CO1. The summed E-state index contributed by atoms with van der Waals surface area (Å²) in [5, 5.41) is 0. The Hall–Kier alpha value is -0.710. The Labute approximate surface area is 87.1 Å². The number of hydrogen-bond acceptors (Lipinski definition) is 2. The molecular formula is C10H15F3O2. The minimum absolute atomic E-state index is 0.0207. The van der Waals surface area contributed by atoms with Crippen molar-refractivity contribution >= 4 is 0 Å². The van der Waals surface area contributed by atoms with E-state index >= 15 is 0 Å². The lowest BCUT2D eigenvalue weighted by Gasteiger charge is -2.15. The molecule has 88 valence electrons. The van der Waals surface area contributed by atoms with Gasteiger partial charge in [0.2, 0.25) is 0 Å². The average Bonchev–Trinajstić information content (AvgIpc) is 2.82. The summed E-state index contributed by atoms with van der Waals surface area (Å²) in [6.45, 7) is 3.81. The van der Waals surface area contributed by atoms with Crippen LogP contribution in [0.25, 0.3) is 0 Å². The molecule has 0 aromatic heterocycles. The third-order valence-electron chi connectivity index (χ3n) is 2.17. The van der Waals surface area contributed by atoms with E-state index in [0.717, 1.165) is 5.57 Å². The number of rotatable bonds is 5. The van der Waals surface area contributed by atoms with E-state index in [2.05, 4.69) is 4.74 Å². The molecule has 15 heavy (non-hydrogen) atoms. The molecule has 1 fully saturated rings. The van der Waals surface area contributed by atoms with Crippen LogP contribution in [-0.4, -0.2) is 25.0 Å². The summed E-state index contributed by atoms with van der Waals surface area (Å²) < 4.78 is 46.6. The average molecular weight is 224 g/mol. The Kier molecular flexibility index (Phi) is 3.65. The quantitative estimate of drug-likeness (QED) is 0.406. The van der Waals surface area contributed by atoms with E-state index in [0.29, 0.717) is 13.0 Å². The largest absolute Gasteiger partial charge is 0.501 e. The monoisotopic (exact) mass is 224 g/mol. The molecule has 0 amide bonds. The first-order chi connectivity index (χ1) is 6.87. The van der Waals surface area contributed by atoms with Gasteiger partial charge in [-0.15, -0.1) is 0 Å². The number of hydrogen-bond donors (Lipinski definition) is 0. The van der Waals surface area contributed by atoms with Gasteiger partial charge in [0.15, 0.2) is 5.60 Å². The van der Waals surface area contributed by atoms with Gasteiger partial charge in [0, 0.05) is 0 Å². The van der Waals surface area contributed by atoms with E-state index in [1.54, 1.807) is 6.26 Å². The van der Waals surface area contributed by atoms with Crippen LogP contribution < -0.4 is 0 Å². The van der Waals surface area contributed by atoms with Crippen LogP contribution in [0.4, 0.5) is 13.2 Å². The van der Waals surface area contributed by atoms with E-state index < -0.39 is 11.8 Å². The number of alkyl halides is 3. The molecule has 1 heterocycles. The van der Waals surface area contributed by atoms with Crippen molar-refractivity contribution in [3.63, 3.8) is 0 Å². The van der Waals surface area contributed by atoms with Crippen LogP contribution in [0, 0.1) is 0 Å². The minimum atomic E-state index is -4.25. The topological polar surface area (TPSA) is 21.8 Å². The highest BCUT2D eigenvalue weighted by atomic mass is 19.4. The van der Waals surface area contributed by atoms with Crippen molar-refractivity contribution in [2.75, 3.05) is 13.2 Å². The minimum Gasteiger partial charge on any atom is -0.501 e. The molecule has 2 nitrogen and oxygen atoms in total. The Morgan fingerprint density at radius 3 is 2.47 bits per heavy atom. The Morgan fingerprint density at radius 1 is 1.47 bits per heavy atom. The van der Waals surface area contributed by atoms with Gasteiger partial charge in [-0.2, -0.15) is 13.2 Å². The van der Waals surface area contributed by atoms with Gasteiger partial charge >= 0.3 is 6.18 Å². The zero-order valence-corrected chi connectivity index (χ0v) is 8.86. The Bertz CT molecular complexity index is 238. The second-order valence-corrected chi connectivity index (χ2v) is 3.95. The summed E-state index contributed by atoms with van der Waals surface area (Å²) in [6.07, 6.45) is -2.37. The normalized spacial score (nSPS) is 24.9. The summed E-state index contributed by atoms with van der Waals surface area (Å²) in [5.41, 5.74) is -0.885. The second kappa shape index (κ2) is 4.43. The third-order valence-corrected chi connectivity index (χ3v) is 2.17. The van der Waals surface area contributed by atoms with Crippen LogP contribution in [0.3, 0.4) is 0 Å². The number of epoxide rings is 1. The maximum absolute atomic E-state index is 12.4. The zero-order chi connectivity index (χ0) is 11.5. The lowest BCUT2D eigenvalue weighted by atomic mass is 10.0. The molecule has 1 rings (SSSR count). The fourth-order valence-corrected chi connectivity index (χ4v) is 1.20. The van der Waals surface area contributed by atoms with Gasteiger partial charge < -0.3 is 9.47 Å². The lowest BCUT2D eigenvalue weighted by Crippen LogP contribution is -2.32. The highest BCUT2D eigenvalue weighted by Gasteiger charge is 2.65. The standard InChI is InChI=1S/C10H15F3O2/c1-8(2)6-14-5-3-4-9(7-15-9)10(11,12)13/h6H,3-5,7H2,1-2H3. The van der Waals surface area contributed by atoms with E-state index in [-0.39, 0.29) is 13.0 Å². The maximum atomic E-state index is 12.4. The van der Waals surface area contributed by atoms with Gasteiger partial charge in [-0.25, -0.2) is 0 Å². The van der Waals surface area contributed by atoms with Gasteiger partial charge in [-0.05, 0) is 32.3 Å². The Morgan fingerprint density at radius 2 is 2.07 bits per heavy atom. The molecule has 0 aromatic rings. The fraction of sp³-hybridized carbons (Fsp3) is 0.800. The molecule has 5 heteroatoms. The predicted octanol–water partition coefficient (Wildman–Crippen LogP) is 3.04. The van der Waals surface area contributed by atoms with Crippen LogP contribution in [0.5, 0.6) is 0 Å². The summed E-state index contributed by atoms with van der Waals surface area (Å²) in [6, 6.07) is 0. The highest BCUT2D eigenvalue weighted by molar-refractivity contribution is 4.98. The summed E-state index contributed by atoms with van der Waals surface area (Å²) in [5.74, 6) is 0. The molecule has 0 spiro atoms. The first-order valence-electron chi connectivity index (χ1n) is 4.83. The predicted molar refractivity (Wildman–Crippen MR) is 49.4 cm³/mol. The molecule has 1 atom stereocenters. The van der Waals surface area contributed by atoms with Crippen LogP contribution in [0.1, 0.15) is 26.7 Å². The van der Waals surface area contributed by atoms with Crippen molar-refractivity contribution in [3.05, 3.63) is 11.8 Å².